The summed E-state index contributed by atoms with van der Waals surface area (Å²) in [6, 6.07) is 4.94. The predicted octanol–water partition coefficient (Wildman–Crippen LogP) is 1.52. The molecule has 1 aromatic rings. The molecule has 22 heavy (non-hydrogen) atoms. The quantitative estimate of drug-likeness (QED) is 0.619. The van der Waals surface area contributed by atoms with Gasteiger partial charge in [0.2, 0.25) is 10.0 Å². The molecule has 0 bridgehead atoms. The number of nitrogens with zero attached hydrogens (tertiary/aromatic N) is 3. The van der Waals surface area contributed by atoms with Crippen molar-refractivity contribution < 1.29 is 18.2 Å². The van der Waals surface area contributed by atoms with E-state index >= 15 is 0 Å². The molecule has 118 valence electrons. The van der Waals surface area contributed by atoms with Crippen LogP contribution in [0.4, 0.5) is 5.69 Å². The molecule has 2 heterocycles. The Hall–Kier alpha value is -2.00. The van der Waals surface area contributed by atoms with E-state index in [2.05, 4.69) is 5.16 Å². The van der Waals surface area contributed by atoms with Gasteiger partial charge in [0.1, 0.15) is 5.60 Å². The summed E-state index contributed by atoms with van der Waals surface area (Å²) in [5, 5.41) is 14.4. The van der Waals surface area contributed by atoms with Crippen molar-refractivity contribution in [3.05, 3.63) is 34.4 Å². The Morgan fingerprint density at radius 1 is 1.23 bits per heavy atom. The molecule has 1 spiro atoms. The van der Waals surface area contributed by atoms with Crippen molar-refractivity contribution in [2.45, 2.75) is 29.8 Å². The lowest BCUT2D eigenvalue weighted by atomic mass is 9.90. The maximum Gasteiger partial charge on any atom is 0.269 e. The lowest BCUT2D eigenvalue weighted by Crippen LogP contribution is -2.46. The van der Waals surface area contributed by atoms with Crippen LogP contribution in [0, 0.1) is 10.1 Å². The zero-order chi connectivity index (χ0) is 15.8. The summed E-state index contributed by atoms with van der Waals surface area (Å²) in [5.41, 5.74) is -0.491. The smallest absolute Gasteiger partial charge is 0.269 e. The molecule has 1 fully saturated rings. The van der Waals surface area contributed by atoms with Gasteiger partial charge in [-0.15, -0.1) is 0 Å². The van der Waals surface area contributed by atoms with Gasteiger partial charge in [0.25, 0.3) is 5.69 Å². The van der Waals surface area contributed by atoms with Gasteiger partial charge >= 0.3 is 0 Å². The highest BCUT2D eigenvalue weighted by Crippen LogP contribution is 2.34. The van der Waals surface area contributed by atoms with E-state index in [9.17, 15) is 18.5 Å². The number of nitro benzene ring substituents is 1. The number of sulfonamides is 1. The summed E-state index contributed by atoms with van der Waals surface area (Å²) < 4.78 is 26.5. The van der Waals surface area contributed by atoms with E-state index < -0.39 is 14.9 Å². The fourth-order valence-corrected chi connectivity index (χ4v) is 4.15. The molecule has 3 rings (SSSR count). The minimum Gasteiger partial charge on any atom is -0.389 e. The third-order valence-corrected chi connectivity index (χ3v) is 6.02. The fraction of sp³-hybridized carbons (Fsp3) is 0.462. The summed E-state index contributed by atoms with van der Waals surface area (Å²) in [7, 11) is -3.64. The van der Waals surface area contributed by atoms with Crippen LogP contribution in [0.2, 0.25) is 0 Å². The molecule has 8 nitrogen and oxygen atoms in total. The van der Waals surface area contributed by atoms with Crippen molar-refractivity contribution in [1.29, 1.82) is 0 Å². The number of hydrogen-bond donors (Lipinski definition) is 0. The highest BCUT2D eigenvalue weighted by Gasteiger charge is 2.41. The Bertz CT molecular complexity index is 696. The topological polar surface area (TPSA) is 102 Å². The van der Waals surface area contributed by atoms with Crippen LogP contribution in [0.3, 0.4) is 0 Å². The van der Waals surface area contributed by atoms with Crippen molar-refractivity contribution in [3.63, 3.8) is 0 Å². The summed E-state index contributed by atoms with van der Waals surface area (Å²) in [4.78, 5) is 15.5. The summed E-state index contributed by atoms with van der Waals surface area (Å²) in [6.07, 6.45) is 3.58. The molecule has 0 saturated carbocycles. The maximum atomic E-state index is 12.6. The van der Waals surface area contributed by atoms with E-state index in [1.54, 1.807) is 6.21 Å². The predicted molar refractivity (Wildman–Crippen MR) is 78.0 cm³/mol. The van der Waals surface area contributed by atoms with Gasteiger partial charge in [-0.25, -0.2) is 8.42 Å². The number of benzene rings is 1. The zero-order valence-electron chi connectivity index (χ0n) is 11.7. The van der Waals surface area contributed by atoms with Crippen LogP contribution in [0.5, 0.6) is 0 Å². The molecule has 2 aliphatic rings. The third kappa shape index (κ3) is 2.57. The highest BCUT2D eigenvalue weighted by atomic mass is 32.2. The van der Waals surface area contributed by atoms with Crippen LogP contribution in [-0.4, -0.2) is 42.6 Å². The minimum atomic E-state index is -3.64. The number of piperidine rings is 1. The zero-order valence-corrected chi connectivity index (χ0v) is 12.5. The van der Waals surface area contributed by atoms with Gasteiger partial charge in [0, 0.05) is 50.7 Å². The molecule has 9 heteroatoms. The molecule has 0 aromatic heterocycles. The number of hydrogen-bond acceptors (Lipinski definition) is 6. The van der Waals surface area contributed by atoms with Crippen LogP contribution >= 0.6 is 0 Å². The lowest BCUT2D eigenvalue weighted by molar-refractivity contribution is -0.384. The van der Waals surface area contributed by atoms with Gasteiger partial charge in [0.15, 0.2) is 0 Å². The average Bonchev–Trinajstić information content (AvgIpc) is 2.96. The van der Waals surface area contributed by atoms with Crippen molar-refractivity contribution in [3.8, 4) is 0 Å². The maximum absolute atomic E-state index is 12.6. The number of oxime groups is 1. The molecule has 0 radical (unpaired) electrons. The van der Waals surface area contributed by atoms with Gasteiger partial charge < -0.3 is 4.84 Å². The second kappa shape index (κ2) is 5.33. The van der Waals surface area contributed by atoms with Crippen LogP contribution in [0.1, 0.15) is 19.3 Å². The Kier molecular flexibility index (Phi) is 3.61. The van der Waals surface area contributed by atoms with Crippen LogP contribution in [0.25, 0.3) is 0 Å². The molecule has 0 aliphatic carbocycles. The van der Waals surface area contributed by atoms with E-state index in [0.29, 0.717) is 32.4 Å². The Morgan fingerprint density at radius 2 is 1.86 bits per heavy atom. The van der Waals surface area contributed by atoms with E-state index in [-0.39, 0.29) is 16.2 Å². The van der Waals surface area contributed by atoms with Crippen molar-refractivity contribution >= 4 is 21.9 Å². The largest absolute Gasteiger partial charge is 0.389 e. The molecule has 2 aliphatic heterocycles. The number of rotatable bonds is 3. The van der Waals surface area contributed by atoms with Crippen molar-refractivity contribution in [2.75, 3.05) is 13.1 Å². The molecular weight excluding hydrogens is 310 g/mol. The normalized spacial score (nSPS) is 20.9. The number of non-ortho nitro benzene ring substituents is 1. The summed E-state index contributed by atoms with van der Waals surface area (Å²) in [6.45, 7) is 0.700. The average molecular weight is 325 g/mol. The first-order valence-corrected chi connectivity index (χ1v) is 8.32. The van der Waals surface area contributed by atoms with Crippen molar-refractivity contribution in [1.82, 2.24) is 4.31 Å². The van der Waals surface area contributed by atoms with E-state index in [1.165, 1.54) is 28.6 Å². The summed E-state index contributed by atoms with van der Waals surface area (Å²) >= 11 is 0. The first-order valence-electron chi connectivity index (χ1n) is 6.88. The fourth-order valence-electron chi connectivity index (χ4n) is 2.71. The first kappa shape index (κ1) is 14.9. The van der Waals surface area contributed by atoms with Gasteiger partial charge in [-0.1, -0.05) is 5.16 Å². The monoisotopic (exact) mass is 325 g/mol. The molecule has 1 saturated heterocycles. The Morgan fingerprint density at radius 3 is 2.36 bits per heavy atom. The summed E-state index contributed by atoms with van der Waals surface area (Å²) in [5.74, 6) is 0. The second-order valence-corrected chi connectivity index (χ2v) is 7.36. The van der Waals surface area contributed by atoms with Crippen LogP contribution in [-0.2, 0) is 14.9 Å². The van der Waals surface area contributed by atoms with Gasteiger partial charge in [0.05, 0.1) is 9.82 Å². The Balaban J connectivity index is 1.75. The van der Waals surface area contributed by atoms with Crippen LogP contribution < -0.4 is 0 Å². The van der Waals surface area contributed by atoms with E-state index in [1.807, 2.05) is 0 Å². The number of nitro groups is 1. The molecular formula is C13H15N3O5S. The van der Waals surface area contributed by atoms with Gasteiger partial charge in [-0.3, -0.25) is 10.1 Å². The van der Waals surface area contributed by atoms with Crippen molar-refractivity contribution in [2.24, 2.45) is 5.16 Å². The second-order valence-electron chi connectivity index (χ2n) is 5.42. The van der Waals surface area contributed by atoms with E-state index in [0.717, 1.165) is 0 Å². The van der Waals surface area contributed by atoms with Gasteiger partial charge in [-0.05, 0) is 12.1 Å². The molecule has 1 aromatic carbocycles. The first-order chi connectivity index (χ1) is 10.4. The molecule has 0 N–H and O–H groups in total. The van der Waals surface area contributed by atoms with E-state index in [4.69, 9.17) is 4.84 Å². The molecule has 0 amide bonds. The lowest BCUT2D eigenvalue weighted by Gasteiger charge is -2.36. The third-order valence-electron chi connectivity index (χ3n) is 4.10. The molecule has 0 unspecified atom stereocenters. The standard InChI is InChI=1S/C13H15N3O5S/c17-16(18)11-1-3-12(4-2-11)22(19,20)15-9-6-13(7-10-15)5-8-14-21-13/h1-4,8H,5-7,9-10H2. The Labute approximate surface area is 127 Å². The van der Waals surface area contributed by atoms with Crippen LogP contribution in [0.15, 0.2) is 34.3 Å². The highest BCUT2D eigenvalue weighted by molar-refractivity contribution is 7.89. The molecule has 0 atom stereocenters. The van der Waals surface area contributed by atoms with Gasteiger partial charge in [-0.2, -0.15) is 4.31 Å². The minimum absolute atomic E-state index is 0.0673. The SMILES string of the molecule is O=[N+]([O-])c1ccc(S(=O)(=O)N2CCC3(CC=NO3)CC2)cc1.